The van der Waals surface area contributed by atoms with Gasteiger partial charge < -0.3 is 31.2 Å². The van der Waals surface area contributed by atoms with E-state index in [0.717, 1.165) is 0 Å². The molecular formula is C9H11N8O5P. The Morgan fingerprint density at radius 1 is 1.09 bits per heavy atom. The number of nitrogens with two attached hydrogens (primary N) is 2. The summed E-state index contributed by atoms with van der Waals surface area (Å²) >= 11 is 0. The molecule has 23 heavy (non-hydrogen) atoms. The van der Waals surface area contributed by atoms with Crippen molar-refractivity contribution in [2.75, 3.05) is 11.5 Å². The van der Waals surface area contributed by atoms with Gasteiger partial charge in [-0.25, -0.2) is 9.78 Å². The quantitative estimate of drug-likeness (QED) is 0.227. The third-order valence-corrected chi connectivity index (χ3v) is 3.10. The molecule has 0 amide bonds. The van der Waals surface area contributed by atoms with Crippen LogP contribution in [0.2, 0.25) is 0 Å². The van der Waals surface area contributed by atoms with Crippen LogP contribution in [0, 0.1) is 0 Å². The molecule has 3 rings (SSSR count). The first-order chi connectivity index (χ1) is 10.7. The molecule has 0 spiro atoms. The number of nitrogens with one attached hydrogen (secondary N) is 3. The molecule has 0 radical (unpaired) electrons. The van der Waals surface area contributed by atoms with E-state index >= 15 is 0 Å². The molecule has 0 fully saturated rings. The number of fused-ring (bicyclic) bond motifs is 1. The SMILES string of the molecule is Nc1cc[nH]c(=O)n1.Nc1nc2nc(P(=O)(O)O)[nH]c2c(=O)[nH]1. The summed E-state index contributed by atoms with van der Waals surface area (Å²) in [5, 5.41) is 0. The summed E-state index contributed by atoms with van der Waals surface area (Å²) in [5.41, 5.74) is 8.45. The minimum absolute atomic E-state index is 0.123. The first-order valence-corrected chi connectivity index (χ1v) is 7.41. The molecule has 0 saturated heterocycles. The van der Waals surface area contributed by atoms with Crippen molar-refractivity contribution in [2.45, 2.75) is 0 Å². The van der Waals surface area contributed by atoms with Gasteiger partial charge in [0.2, 0.25) is 11.5 Å². The zero-order valence-electron chi connectivity index (χ0n) is 11.2. The van der Waals surface area contributed by atoms with Crippen LogP contribution in [0.5, 0.6) is 0 Å². The highest BCUT2D eigenvalue weighted by molar-refractivity contribution is 7.59. The standard InChI is InChI=1S/C5H6N5O4P.C4H5N3O/c6-4-8-2-1(3(11)10-4)7-5(9-2)15(12,13)14;5-3-1-2-6-4(8)7-3/h(H2,12,13,14)(H4,6,7,8,9,10,11);1-2H,(H3,5,6,7,8). The van der Waals surface area contributed by atoms with Crippen LogP contribution >= 0.6 is 7.60 Å². The molecule has 0 aliphatic heterocycles. The number of aromatic amines is 3. The van der Waals surface area contributed by atoms with Gasteiger partial charge in [-0.1, -0.05) is 0 Å². The topological polar surface area (TPSA) is 230 Å². The normalized spacial score (nSPS) is 11.0. The number of nitrogen functional groups attached to an aromatic ring is 2. The summed E-state index contributed by atoms with van der Waals surface area (Å²) in [6.07, 6.45) is 1.45. The van der Waals surface area contributed by atoms with Crippen molar-refractivity contribution in [1.82, 2.24) is 29.9 Å². The number of nitrogens with zero attached hydrogens (tertiary/aromatic N) is 3. The molecule has 0 aromatic carbocycles. The average molecular weight is 342 g/mol. The summed E-state index contributed by atoms with van der Waals surface area (Å²) in [4.78, 5) is 56.2. The predicted molar refractivity (Wildman–Crippen MR) is 79.9 cm³/mol. The van der Waals surface area contributed by atoms with Gasteiger partial charge >= 0.3 is 13.3 Å². The molecule has 0 saturated carbocycles. The molecule has 0 aliphatic carbocycles. The van der Waals surface area contributed by atoms with Crippen LogP contribution in [-0.2, 0) is 4.57 Å². The maximum Gasteiger partial charge on any atom is 0.391 e. The van der Waals surface area contributed by atoms with E-state index < -0.39 is 24.4 Å². The lowest BCUT2D eigenvalue weighted by atomic mass is 10.5. The first-order valence-electron chi connectivity index (χ1n) is 5.79. The van der Waals surface area contributed by atoms with Gasteiger partial charge in [0.1, 0.15) is 5.82 Å². The molecule has 3 aromatic heterocycles. The summed E-state index contributed by atoms with van der Waals surface area (Å²) in [5.74, 6) is 0.0741. The Balaban J connectivity index is 0.000000203. The Bertz CT molecular complexity index is 1000. The van der Waals surface area contributed by atoms with E-state index in [0.29, 0.717) is 0 Å². The largest absolute Gasteiger partial charge is 0.391 e. The van der Waals surface area contributed by atoms with E-state index in [-0.39, 0.29) is 22.9 Å². The number of anilines is 2. The number of H-pyrrole nitrogens is 3. The maximum absolute atomic E-state index is 11.2. The smallest absolute Gasteiger partial charge is 0.383 e. The molecule has 0 aliphatic rings. The fourth-order valence-electron chi connectivity index (χ4n) is 1.44. The Labute approximate surface area is 126 Å². The fraction of sp³-hybridized carbons (Fsp3) is 0. The molecule has 14 heteroatoms. The lowest BCUT2D eigenvalue weighted by Gasteiger charge is -1.95. The molecule has 9 N–H and O–H groups in total. The zero-order chi connectivity index (χ0) is 17.2. The van der Waals surface area contributed by atoms with Gasteiger partial charge in [0.15, 0.2) is 11.2 Å². The van der Waals surface area contributed by atoms with Crippen LogP contribution < -0.4 is 28.3 Å². The maximum atomic E-state index is 11.2. The van der Waals surface area contributed by atoms with E-state index in [1.54, 1.807) is 0 Å². The Kier molecular flexibility index (Phi) is 4.27. The third-order valence-electron chi connectivity index (χ3n) is 2.33. The van der Waals surface area contributed by atoms with Crippen LogP contribution in [0.1, 0.15) is 0 Å². The van der Waals surface area contributed by atoms with Crippen molar-refractivity contribution in [3.63, 3.8) is 0 Å². The molecule has 3 heterocycles. The van der Waals surface area contributed by atoms with E-state index in [1.165, 1.54) is 12.3 Å². The molecule has 122 valence electrons. The highest BCUT2D eigenvalue weighted by Gasteiger charge is 2.23. The minimum atomic E-state index is -4.53. The summed E-state index contributed by atoms with van der Waals surface area (Å²) in [6.45, 7) is 0. The van der Waals surface area contributed by atoms with Gasteiger partial charge in [-0.2, -0.15) is 9.97 Å². The molecule has 0 bridgehead atoms. The Hall–Kier alpha value is -3.02. The van der Waals surface area contributed by atoms with Crippen molar-refractivity contribution < 1.29 is 14.4 Å². The monoisotopic (exact) mass is 342 g/mol. The van der Waals surface area contributed by atoms with E-state index in [2.05, 4.69) is 29.9 Å². The Morgan fingerprint density at radius 2 is 1.78 bits per heavy atom. The third kappa shape index (κ3) is 4.00. The highest BCUT2D eigenvalue weighted by Crippen LogP contribution is 2.31. The van der Waals surface area contributed by atoms with Crippen molar-refractivity contribution >= 4 is 36.1 Å². The predicted octanol–water partition coefficient (Wildman–Crippen LogP) is -2.62. The number of hydrogen-bond acceptors (Lipinski definition) is 8. The number of imidazole rings is 1. The fourth-order valence-corrected chi connectivity index (χ4v) is 1.92. The molecule has 0 unspecified atom stereocenters. The number of aromatic nitrogens is 6. The average Bonchev–Trinajstić information content (AvgIpc) is 2.83. The summed E-state index contributed by atoms with van der Waals surface area (Å²) in [7, 11) is -4.53. The van der Waals surface area contributed by atoms with Gasteiger partial charge in [0.25, 0.3) is 5.56 Å². The van der Waals surface area contributed by atoms with Crippen LogP contribution in [0.3, 0.4) is 0 Å². The second-order valence-electron chi connectivity index (χ2n) is 4.07. The summed E-state index contributed by atoms with van der Waals surface area (Å²) in [6, 6.07) is 1.52. The van der Waals surface area contributed by atoms with Crippen molar-refractivity contribution in [3.05, 3.63) is 33.1 Å². The zero-order valence-corrected chi connectivity index (χ0v) is 12.1. The Morgan fingerprint density at radius 3 is 2.30 bits per heavy atom. The van der Waals surface area contributed by atoms with Crippen molar-refractivity contribution in [1.29, 1.82) is 0 Å². The highest BCUT2D eigenvalue weighted by atomic mass is 31.2. The van der Waals surface area contributed by atoms with Gasteiger partial charge in [-0.05, 0) is 6.07 Å². The van der Waals surface area contributed by atoms with Gasteiger partial charge in [-0.15, -0.1) is 0 Å². The lowest BCUT2D eigenvalue weighted by Crippen LogP contribution is -2.11. The molecule has 3 aromatic rings. The number of rotatable bonds is 1. The van der Waals surface area contributed by atoms with Crippen LogP contribution in [0.15, 0.2) is 21.9 Å². The van der Waals surface area contributed by atoms with Crippen molar-refractivity contribution in [2.24, 2.45) is 0 Å². The van der Waals surface area contributed by atoms with Crippen LogP contribution in [-0.4, -0.2) is 39.7 Å². The first kappa shape index (κ1) is 16.4. The van der Waals surface area contributed by atoms with Gasteiger partial charge in [0.05, 0.1) is 0 Å². The second kappa shape index (κ2) is 6.00. The molecular weight excluding hydrogens is 331 g/mol. The minimum Gasteiger partial charge on any atom is -0.383 e. The molecule has 0 atom stereocenters. The summed E-state index contributed by atoms with van der Waals surface area (Å²) < 4.78 is 10.8. The van der Waals surface area contributed by atoms with E-state index in [1.807, 2.05) is 0 Å². The van der Waals surface area contributed by atoms with Crippen molar-refractivity contribution in [3.8, 4) is 0 Å². The van der Waals surface area contributed by atoms with Crippen LogP contribution in [0.25, 0.3) is 11.2 Å². The second-order valence-corrected chi connectivity index (χ2v) is 5.59. The molecule has 13 nitrogen and oxygen atoms in total. The van der Waals surface area contributed by atoms with Gasteiger partial charge in [-0.3, -0.25) is 14.3 Å². The van der Waals surface area contributed by atoms with E-state index in [4.69, 9.17) is 21.3 Å². The number of hydrogen-bond donors (Lipinski definition) is 7. The van der Waals surface area contributed by atoms with Crippen LogP contribution in [0.4, 0.5) is 11.8 Å². The van der Waals surface area contributed by atoms with E-state index in [9.17, 15) is 14.2 Å². The van der Waals surface area contributed by atoms with Gasteiger partial charge in [0, 0.05) is 6.20 Å². The lowest BCUT2D eigenvalue weighted by molar-refractivity contribution is 0.385.